The summed E-state index contributed by atoms with van der Waals surface area (Å²) >= 11 is 0. The first-order valence-electron chi connectivity index (χ1n) is 20.9. The summed E-state index contributed by atoms with van der Waals surface area (Å²) in [5, 5.41) is 0. The Bertz CT molecular complexity index is 1540. The molecule has 3 heteroatoms. The van der Waals surface area contributed by atoms with E-state index in [0.717, 1.165) is 6.42 Å². The average molecular weight is 671 g/mol. The monoisotopic (exact) mass is 671 g/mol. The molecule has 6 rings (SSSR count). The summed E-state index contributed by atoms with van der Waals surface area (Å²) < 4.78 is 0. The maximum Gasteiger partial charge on any atom is 0.252 e. The van der Waals surface area contributed by atoms with Crippen molar-refractivity contribution >= 4 is 29.0 Å². The van der Waals surface area contributed by atoms with Gasteiger partial charge in [0.1, 0.15) is 0 Å². The molecule has 0 saturated heterocycles. The van der Waals surface area contributed by atoms with Gasteiger partial charge in [0.05, 0.1) is 0 Å². The van der Waals surface area contributed by atoms with Crippen molar-refractivity contribution in [1.29, 1.82) is 0 Å². The van der Waals surface area contributed by atoms with Gasteiger partial charge in [-0.3, -0.25) is 0 Å². The highest BCUT2D eigenvalue weighted by molar-refractivity contribution is 6.94. The van der Waals surface area contributed by atoms with Gasteiger partial charge >= 0.3 is 0 Å². The predicted octanol–water partition coefficient (Wildman–Crippen LogP) is 12.1. The molecule has 1 atom stereocenters. The van der Waals surface area contributed by atoms with Crippen LogP contribution >= 0.6 is 0 Å². The van der Waals surface area contributed by atoms with E-state index >= 15 is 0 Å². The molecule has 268 valence electrons. The van der Waals surface area contributed by atoms with Crippen LogP contribution in [0.3, 0.4) is 0 Å². The number of allylic oxidation sites excluding steroid dienone is 4. The number of anilines is 2. The van der Waals surface area contributed by atoms with Gasteiger partial charge in [-0.1, -0.05) is 155 Å². The minimum Gasteiger partial charge on any atom is -0.339 e. The maximum atomic E-state index is 4.63. The smallest absolute Gasteiger partial charge is 0.252 e. The first-order chi connectivity index (χ1) is 24.3. The van der Waals surface area contributed by atoms with Crippen LogP contribution in [0.15, 0.2) is 84.7 Å². The second-order valence-corrected chi connectivity index (χ2v) is 17.0. The topological polar surface area (TPSA) is 6.48 Å². The molecule has 0 amide bonds. The number of para-hydroxylation sites is 1. The van der Waals surface area contributed by atoms with E-state index in [2.05, 4.69) is 112 Å². The lowest BCUT2D eigenvalue weighted by molar-refractivity contribution is 0.299. The van der Waals surface area contributed by atoms with Crippen LogP contribution in [0.2, 0.25) is 0 Å². The Labute approximate surface area is 307 Å². The van der Waals surface area contributed by atoms with E-state index in [9.17, 15) is 0 Å². The predicted molar refractivity (Wildman–Crippen MR) is 222 cm³/mol. The van der Waals surface area contributed by atoms with Crippen LogP contribution in [0.5, 0.6) is 0 Å². The van der Waals surface area contributed by atoms with Gasteiger partial charge in [-0.2, -0.15) is 0 Å². The lowest BCUT2D eigenvalue weighted by Gasteiger charge is -2.50. The lowest BCUT2D eigenvalue weighted by atomic mass is 9.32. The van der Waals surface area contributed by atoms with E-state index < -0.39 is 0 Å². The normalized spacial score (nSPS) is 21.3. The Morgan fingerprint density at radius 2 is 1.36 bits per heavy atom. The van der Waals surface area contributed by atoms with Gasteiger partial charge in [0.15, 0.2) is 0 Å². The van der Waals surface area contributed by atoms with Crippen molar-refractivity contribution in [3.8, 4) is 0 Å². The summed E-state index contributed by atoms with van der Waals surface area (Å²) in [5.41, 5.74) is 13.4. The van der Waals surface area contributed by atoms with Crippen LogP contribution in [0, 0.1) is 5.41 Å². The molecule has 50 heavy (non-hydrogen) atoms. The fourth-order valence-electron chi connectivity index (χ4n) is 10.2. The minimum absolute atomic E-state index is 0.175. The Hall–Kier alpha value is -2.94. The molecular formula is C47H67BN2. The largest absolute Gasteiger partial charge is 0.339 e. The molecular weight excluding hydrogens is 603 g/mol. The highest BCUT2D eigenvalue weighted by Crippen LogP contribution is 2.45. The van der Waals surface area contributed by atoms with E-state index in [-0.39, 0.29) is 6.71 Å². The van der Waals surface area contributed by atoms with Crippen LogP contribution in [-0.2, 0) is 6.42 Å². The lowest BCUT2D eigenvalue weighted by Crippen LogP contribution is -2.60. The molecule has 4 aliphatic rings. The fourth-order valence-corrected chi connectivity index (χ4v) is 10.2. The maximum absolute atomic E-state index is 4.63. The fraction of sp³-hybridized carbons (Fsp3) is 0.574. The Morgan fingerprint density at radius 1 is 0.780 bits per heavy atom. The standard InChI is InChI=1S/C47H67BN2/c1-8-25-44-46-42(10-3)49(37-26-21-17-14-18-22-27-37)45-32-36(9-2)39(35(5)34-47(6,7)11-4)33-41(45)48(46)40-30-23-24-31-43(40)50(44)38-28-19-15-12-13-16-20-29-38/h8,10,23-25,30-33,35,37-38H,1,3,9,11-22,26-29,34H2,2,4-7H3/b44-25+. The molecule has 2 aliphatic heterocycles. The first-order valence-corrected chi connectivity index (χ1v) is 20.9. The summed E-state index contributed by atoms with van der Waals surface area (Å²) in [5.74, 6) is 0.505. The molecule has 0 spiro atoms. The number of aryl methyl sites for hydroxylation is 1. The van der Waals surface area contributed by atoms with Crippen LogP contribution in [-0.4, -0.2) is 18.8 Å². The van der Waals surface area contributed by atoms with Crippen molar-refractivity contribution in [1.82, 2.24) is 0 Å². The van der Waals surface area contributed by atoms with Crippen molar-refractivity contribution in [3.63, 3.8) is 0 Å². The zero-order valence-electron chi connectivity index (χ0n) is 32.5. The number of nitrogens with zero attached hydrogens (tertiary/aromatic N) is 2. The number of fused-ring (bicyclic) bond motifs is 5. The summed E-state index contributed by atoms with van der Waals surface area (Å²) in [6, 6.07) is 15.8. The second kappa shape index (κ2) is 16.6. The zero-order chi connectivity index (χ0) is 35.3. The molecule has 0 bridgehead atoms. The molecule has 0 aromatic heterocycles. The molecule has 0 N–H and O–H groups in total. The molecule has 2 heterocycles. The Balaban J connectivity index is 1.62. The van der Waals surface area contributed by atoms with Gasteiger partial charge in [-0.15, -0.1) is 0 Å². The summed E-state index contributed by atoms with van der Waals surface area (Å²) in [6.45, 7) is 21.3. The number of hydrogen-bond donors (Lipinski definition) is 0. The third-order valence-electron chi connectivity index (χ3n) is 13.1. The Morgan fingerprint density at radius 3 is 1.92 bits per heavy atom. The van der Waals surface area contributed by atoms with Crippen molar-refractivity contribution in [2.75, 3.05) is 9.80 Å². The average Bonchev–Trinajstić information content (AvgIpc) is 3.24. The molecule has 2 fully saturated rings. The summed E-state index contributed by atoms with van der Waals surface area (Å²) in [7, 11) is 0. The van der Waals surface area contributed by atoms with E-state index in [1.165, 1.54) is 154 Å². The third kappa shape index (κ3) is 7.49. The van der Waals surface area contributed by atoms with Crippen molar-refractivity contribution in [3.05, 3.63) is 95.8 Å². The molecule has 1 unspecified atom stereocenters. The number of benzene rings is 2. The van der Waals surface area contributed by atoms with Gasteiger partial charge < -0.3 is 9.80 Å². The van der Waals surface area contributed by atoms with Gasteiger partial charge in [0.2, 0.25) is 0 Å². The van der Waals surface area contributed by atoms with E-state index in [1.807, 2.05) is 0 Å². The van der Waals surface area contributed by atoms with E-state index in [0.29, 0.717) is 23.4 Å². The Kier molecular flexibility index (Phi) is 12.2. The van der Waals surface area contributed by atoms with Crippen molar-refractivity contribution in [2.24, 2.45) is 5.41 Å². The third-order valence-corrected chi connectivity index (χ3v) is 13.1. The molecule has 2 aliphatic carbocycles. The van der Waals surface area contributed by atoms with Crippen LogP contribution < -0.4 is 20.7 Å². The zero-order valence-corrected chi connectivity index (χ0v) is 32.5. The quantitative estimate of drug-likeness (QED) is 0.245. The number of hydrogen-bond acceptors (Lipinski definition) is 2. The highest BCUT2D eigenvalue weighted by Gasteiger charge is 2.46. The van der Waals surface area contributed by atoms with E-state index in [4.69, 9.17) is 0 Å². The SMILES string of the molecule is C=C/C=C1\C2=C(C=C)N(C3CCCCCCC3)c3cc(CC)c(C(C)CC(C)(C)CC)cc3B2c2ccccc2N1C1CCCCCCCC1. The van der Waals surface area contributed by atoms with Gasteiger partial charge in [-0.05, 0) is 102 Å². The van der Waals surface area contributed by atoms with Crippen LogP contribution in [0.25, 0.3) is 0 Å². The van der Waals surface area contributed by atoms with Gasteiger partial charge in [0, 0.05) is 34.9 Å². The molecule has 0 radical (unpaired) electrons. The molecule has 2 saturated carbocycles. The minimum atomic E-state index is 0.175. The van der Waals surface area contributed by atoms with Gasteiger partial charge in [-0.25, -0.2) is 0 Å². The van der Waals surface area contributed by atoms with Gasteiger partial charge in [0.25, 0.3) is 6.71 Å². The summed E-state index contributed by atoms with van der Waals surface area (Å²) in [6.07, 6.45) is 30.0. The van der Waals surface area contributed by atoms with Crippen molar-refractivity contribution in [2.45, 2.75) is 168 Å². The first kappa shape index (κ1) is 36.8. The second-order valence-electron chi connectivity index (χ2n) is 17.0. The van der Waals surface area contributed by atoms with E-state index in [1.54, 1.807) is 5.56 Å². The van der Waals surface area contributed by atoms with Crippen LogP contribution in [0.1, 0.15) is 161 Å². The molecule has 2 nitrogen and oxygen atoms in total. The molecule has 2 aromatic carbocycles. The highest BCUT2D eigenvalue weighted by atomic mass is 15.2. The van der Waals surface area contributed by atoms with Crippen molar-refractivity contribution < 1.29 is 0 Å². The molecule has 2 aromatic rings. The summed E-state index contributed by atoms with van der Waals surface area (Å²) in [4.78, 5) is 5.60. The van der Waals surface area contributed by atoms with Crippen LogP contribution in [0.4, 0.5) is 11.4 Å². The number of rotatable bonds is 9.